The van der Waals surface area contributed by atoms with Crippen LogP contribution >= 0.6 is 11.8 Å². The van der Waals surface area contributed by atoms with Gasteiger partial charge in [-0.1, -0.05) is 11.8 Å². The van der Waals surface area contributed by atoms with Crippen LogP contribution in [-0.4, -0.2) is 55.8 Å². The number of aromatic nitrogens is 6. The minimum Gasteiger partial charge on any atom is -0.493 e. The molecule has 4 rings (SSSR count). The Hall–Kier alpha value is -4.13. The SMILES string of the molecule is COc1ccc(Oc2ccnc(NC(=O)CSc3nc(N)nc4nc[nH]c34)n2)cc1OC. The molecule has 4 N–H and O–H groups in total. The monoisotopic (exact) mass is 454 g/mol. The van der Waals surface area contributed by atoms with Crippen molar-refractivity contribution in [2.24, 2.45) is 0 Å². The van der Waals surface area contributed by atoms with Gasteiger partial charge in [0.25, 0.3) is 0 Å². The fourth-order valence-electron chi connectivity index (χ4n) is 2.68. The Labute approximate surface area is 186 Å². The standard InChI is InChI=1S/C19H18N8O4S/c1-29-11-4-3-10(7-12(11)30-2)31-14-5-6-21-19(25-14)24-13(28)8-32-17-15-16(23-9-22-15)26-18(20)27-17/h3-7,9H,8H2,1-2H3,(H,21,24,25,28)(H3,20,22,23,26,27). The third kappa shape index (κ3) is 4.78. The highest BCUT2D eigenvalue weighted by molar-refractivity contribution is 8.00. The predicted octanol–water partition coefficient (Wildman–Crippen LogP) is 2.27. The van der Waals surface area contributed by atoms with Crippen LogP contribution in [0.5, 0.6) is 23.1 Å². The normalized spacial score (nSPS) is 10.7. The number of aromatic amines is 1. The van der Waals surface area contributed by atoms with Gasteiger partial charge in [0, 0.05) is 18.3 Å². The molecule has 0 radical (unpaired) electrons. The number of H-pyrrole nitrogens is 1. The second kappa shape index (κ2) is 9.34. The maximum Gasteiger partial charge on any atom is 0.237 e. The molecular weight excluding hydrogens is 436 g/mol. The summed E-state index contributed by atoms with van der Waals surface area (Å²) in [7, 11) is 3.08. The van der Waals surface area contributed by atoms with Crippen molar-refractivity contribution in [1.29, 1.82) is 0 Å². The van der Waals surface area contributed by atoms with Crippen LogP contribution < -0.4 is 25.3 Å². The molecule has 0 bridgehead atoms. The van der Waals surface area contributed by atoms with Crippen LogP contribution in [0.4, 0.5) is 11.9 Å². The summed E-state index contributed by atoms with van der Waals surface area (Å²) >= 11 is 1.18. The molecule has 0 aliphatic carbocycles. The number of nitrogen functional groups attached to an aromatic ring is 1. The van der Waals surface area contributed by atoms with E-state index in [4.69, 9.17) is 19.9 Å². The number of carbonyl (C=O) groups excluding carboxylic acids is 1. The number of hydrogen-bond donors (Lipinski definition) is 3. The molecule has 0 spiro atoms. The van der Waals surface area contributed by atoms with E-state index in [9.17, 15) is 4.79 Å². The third-order valence-electron chi connectivity index (χ3n) is 4.07. The van der Waals surface area contributed by atoms with Crippen LogP contribution in [-0.2, 0) is 4.79 Å². The molecule has 0 aliphatic rings. The van der Waals surface area contributed by atoms with Crippen molar-refractivity contribution in [2.45, 2.75) is 5.03 Å². The first kappa shape index (κ1) is 21.1. The molecule has 0 saturated heterocycles. The predicted molar refractivity (Wildman–Crippen MR) is 117 cm³/mol. The molecule has 1 amide bonds. The van der Waals surface area contributed by atoms with Crippen molar-refractivity contribution in [1.82, 2.24) is 29.9 Å². The van der Waals surface area contributed by atoms with Gasteiger partial charge in [-0.2, -0.15) is 9.97 Å². The number of imidazole rings is 1. The maximum atomic E-state index is 12.4. The third-order valence-corrected chi connectivity index (χ3v) is 5.04. The van der Waals surface area contributed by atoms with Gasteiger partial charge in [-0.3, -0.25) is 10.1 Å². The number of nitrogens with one attached hydrogen (secondary N) is 2. The van der Waals surface area contributed by atoms with Crippen LogP contribution in [0.1, 0.15) is 0 Å². The average molecular weight is 454 g/mol. The van der Waals surface area contributed by atoms with E-state index < -0.39 is 0 Å². The van der Waals surface area contributed by atoms with Gasteiger partial charge < -0.3 is 24.9 Å². The van der Waals surface area contributed by atoms with E-state index in [0.717, 1.165) is 0 Å². The van der Waals surface area contributed by atoms with Crippen LogP contribution in [0.3, 0.4) is 0 Å². The van der Waals surface area contributed by atoms with Crippen molar-refractivity contribution < 1.29 is 19.0 Å². The average Bonchev–Trinajstić information content (AvgIpc) is 3.26. The zero-order chi connectivity index (χ0) is 22.5. The highest BCUT2D eigenvalue weighted by atomic mass is 32.2. The van der Waals surface area contributed by atoms with Crippen molar-refractivity contribution in [3.63, 3.8) is 0 Å². The van der Waals surface area contributed by atoms with Gasteiger partial charge in [-0.05, 0) is 12.1 Å². The van der Waals surface area contributed by atoms with Gasteiger partial charge in [0.05, 0.1) is 26.3 Å². The van der Waals surface area contributed by atoms with E-state index in [1.165, 1.54) is 31.4 Å². The summed E-state index contributed by atoms with van der Waals surface area (Å²) < 4.78 is 16.2. The van der Waals surface area contributed by atoms with Crippen LogP contribution in [0.25, 0.3) is 11.2 Å². The molecular formula is C19H18N8O4S. The zero-order valence-corrected chi connectivity index (χ0v) is 17.8. The van der Waals surface area contributed by atoms with Crippen molar-refractivity contribution in [3.05, 3.63) is 36.8 Å². The molecule has 13 heteroatoms. The van der Waals surface area contributed by atoms with Gasteiger partial charge in [-0.15, -0.1) is 0 Å². The molecule has 3 aromatic heterocycles. The molecule has 164 valence electrons. The Balaban J connectivity index is 1.40. The van der Waals surface area contributed by atoms with E-state index in [0.29, 0.717) is 33.4 Å². The van der Waals surface area contributed by atoms with Crippen molar-refractivity contribution in [2.75, 3.05) is 31.0 Å². The number of nitrogens with two attached hydrogens (primary N) is 1. The minimum absolute atomic E-state index is 0.0503. The number of hydrogen-bond acceptors (Lipinski definition) is 11. The van der Waals surface area contributed by atoms with Crippen LogP contribution in [0, 0.1) is 0 Å². The lowest BCUT2D eigenvalue weighted by molar-refractivity contribution is -0.113. The molecule has 1 aromatic carbocycles. The van der Waals surface area contributed by atoms with E-state index in [1.807, 2.05) is 0 Å². The summed E-state index contributed by atoms with van der Waals surface area (Å²) in [5, 5.41) is 3.15. The number of rotatable bonds is 8. The summed E-state index contributed by atoms with van der Waals surface area (Å²) in [6.07, 6.45) is 2.96. The maximum absolute atomic E-state index is 12.4. The summed E-state index contributed by atoms with van der Waals surface area (Å²) in [5.41, 5.74) is 6.73. The molecule has 3 heterocycles. The first-order chi connectivity index (χ1) is 15.6. The number of nitrogens with zero attached hydrogens (tertiary/aromatic N) is 5. The molecule has 0 fully saturated rings. The molecule has 0 unspecified atom stereocenters. The molecule has 0 atom stereocenters. The second-order valence-corrected chi connectivity index (χ2v) is 7.13. The Bertz CT molecular complexity index is 1270. The number of thioether (sulfide) groups is 1. The topological polar surface area (TPSA) is 163 Å². The van der Waals surface area contributed by atoms with Gasteiger partial charge in [0.15, 0.2) is 17.1 Å². The van der Waals surface area contributed by atoms with Crippen molar-refractivity contribution in [3.8, 4) is 23.1 Å². The number of benzene rings is 1. The van der Waals surface area contributed by atoms with Gasteiger partial charge in [-0.25, -0.2) is 15.0 Å². The number of fused-ring (bicyclic) bond motifs is 1. The highest BCUT2D eigenvalue weighted by Gasteiger charge is 2.13. The fraction of sp³-hybridized carbons (Fsp3) is 0.158. The fourth-order valence-corrected chi connectivity index (χ4v) is 3.47. The first-order valence-electron chi connectivity index (χ1n) is 9.18. The number of amides is 1. The smallest absolute Gasteiger partial charge is 0.237 e. The number of carbonyl (C=O) groups is 1. The lowest BCUT2D eigenvalue weighted by atomic mass is 10.3. The molecule has 0 aliphatic heterocycles. The van der Waals surface area contributed by atoms with Crippen LogP contribution in [0.15, 0.2) is 41.8 Å². The summed E-state index contributed by atoms with van der Waals surface area (Å²) in [5.74, 6) is 1.72. The largest absolute Gasteiger partial charge is 0.493 e. The summed E-state index contributed by atoms with van der Waals surface area (Å²) in [4.78, 5) is 35.8. The zero-order valence-electron chi connectivity index (χ0n) is 17.0. The Morgan fingerprint density at radius 3 is 2.78 bits per heavy atom. The van der Waals surface area contributed by atoms with E-state index in [2.05, 4.69) is 35.2 Å². The number of ether oxygens (including phenoxy) is 3. The summed E-state index contributed by atoms with van der Waals surface area (Å²) in [6.45, 7) is 0. The van der Waals surface area contributed by atoms with Crippen LogP contribution in [0.2, 0.25) is 0 Å². The van der Waals surface area contributed by atoms with E-state index >= 15 is 0 Å². The lowest BCUT2D eigenvalue weighted by Crippen LogP contribution is -2.16. The first-order valence-corrected chi connectivity index (χ1v) is 10.2. The summed E-state index contributed by atoms with van der Waals surface area (Å²) in [6, 6.07) is 6.66. The minimum atomic E-state index is -0.330. The number of methoxy groups -OCH3 is 2. The van der Waals surface area contributed by atoms with E-state index in [-0.39, 0.29) is 29.4 Å². The highest BCUT2D eigenvalue weighted by Crippen LogP contribution is 2.32. The Kier molecular flexibility index (Phi) is 6.17. The van der Waals surface area contributed by atoms with E-state index in [1.54, 1.807) is 31.4 Å². The molecule has 32 heavy (non-hydrogen) atoms. The van der Waals surface area contributed by atoms with Gasteiger partial charge in [0.2, 0.25) is 23.7 Å². The molecule has 12 nitrogen and oxygen atoms in total. The second-order valence-electron chi connectivity index (χ2n) is 6.16. The molecule has 4 aromatic rings. The molecule has 0 saturated carbocycles. The van der Waals surface area contributed by atoms with Gasteiger partial charge >= 0.3 is 0 Å². The quantitative estimate of drug-likeness (QED) is 0.264. The Morgan fingerprint density at radius 2 is 1.97 bits per heavy atom. The van der Waals surface area contributed by atoms with Crippen molar-refractivity contribution >= 4 is 40.7 Å². The number of anilines is 2. The Morgan fingerprint density at radius 1 is 1.12 bits per heavy atom. The van der Waals surface area contributed by atoms with Gasteiger partial charge in [0.1, 0.15) is 16.3 Å². The lowest BCUT2D eigenvalue weighted by Gasteiger charge is -2.10.